The molecule has 0 saturated heterocycles. The number of hydrogen-bond acceptors (Lipinski definition) is 4. The normalized spacial score (nSPS) is 11.1. The molecule has 0 radical (unpaired) electrons. The van der Waals surface area contributed by atoms with Crippen LogP contribution >= 0.6 is 0 Å². The zero-order valence-corrected chi connectivity index (χ0v) is 9.19. The molecular weight excluding hydrogens is 220 g/mol. The number of rotatable bonds is 2. The lowest BCUT2D eigenvalue weighted by molar-refractivity contribution is 0.317. The summed E-state index contributed by atoms with van der Waals surface area (Å²) in [6.07, 6.45) is 0. The van der Waals surface area contributed by atoms with Crippen LogP contribution in [0.5, 0.6) is 6.01 Å². The van der Waals surface area contributed by atoms with Crippen LogP contribution in [0.2, 0.25) is 0 Å². The summed E-state index contributed by atoms with van der Waals surface area (Å²) in [5, 5.41) is 0.796. The van der Waals surface area contributed by atoms with E-state index in [1.165, 1.54) is 0 Å². The lowest BCUT2D eigenvalue weighted by Gasteiger charge is -1.94. The summed E-state index contributed by atoms with van der Waals surface area (Å²) in [4.78, 5) is 18.8. The lowest BCUT2D eigenvalue weighted by atomic mass is 10.2. The van der Waals surface area contributed by atoms with Crippen LogP contribution in [0.25, 0.3) is 22.0 Å². The second kappa shape index (κ2) is 3.62. The molecule has 0 fully saturated rings. The van der Waals surface area contributed by atoms with E-state index in [-0.39, 0.29) is 0 Å². The molecule has 5 nitrogen and oxygen atoms in total. The first kappa shape index (κ1) is 9.89. The van der Waals surface area contributed by atoms with Gasteiger partial charge in [0, 0.05) is 5.39 Å². The average Bonchev–Trinajstić information content (AvgIpc) is 2.74. The number of nitrogens with one attached hydrogen (secondary N) is 1. The molecule has 5 heteroatoms. The SMILES string of the molecule is CCOc1nc2c([nH]1)c(=O)oc1ccccc12. The van der Waals surface area contributed by atoms with Crippen molar-refractivity contribution in [3.05, 3.63) is 34.7 Å². The van der Waals surface area contributed by atoms with Gasteiger partial charge in [-0.2, -0.15) is 4.98 Å². The van der Waals surface area contributed by atoms with Gasteiger partial charge in [0.05, 0.1) is 6.61 Å². The molecule has 2 aromatic heterocycles. The summed E-state index contributed by atoms with van der Waals surface area (Å²) in [7, 11) is 0. The Morgan fingerprint density at radius 3 is 3.06 bits per heavy atom. The van der Waals surface area contributed by atoms with Crippen LogP contribution in [0.3, 0.4) is 0 Å². The van der Waals surface area contributed by atoms with Gasteiger partial charge >= 0.3 is 5.63 Å². The first-order chi connectivity index (χ1) is 8.29. The predicted molar refractivity (Wildman–Crippen MR) is 63.3 cm³/mol. The topological polar surface area (TPSA) is 68.1 Å². The number of fused-ring (bicyclic) bond motifs is 3. The molecule has 1 N–H and O–H groups in total. The first-order valence-corrected chi connectivity index (χ1v) is 5.34. The van der Waals surface area contributed by atoms with Crippen LogP contribution in [-0.2, 0) is 0 Å². The van der Waals surface area contributed by atoms with Gasteiger partial charge in [0.1, 0.15) is 11.1 Å². The lowest BCUT2D eigenvalue weighted by Crippen LogP contribution is -1.99. The van der Waals surface area contributed by atoms with E-state index in [0.29, 0.717) is 29.2 Å². The van der Waals surface area contributed by atoms with Crippen molar-refractivity contribution < 1.29 is 9.15 Å². The maximum atomic E-state index is 11.7. The van der Waals surface area contributed by atoms with Crippen molar-refractivity contribution in [2.45, 2.75) is 6.92 Å². The fourth-order valence-electron chi connectivity index (χ4n) is 1.80. The number of benzene rings is 1. The van der Waals surface area contributed by atoms with Crippen LogP contribution in [-0.4, -0.2) is 16.6 Å². The van der Waals surface area contributed by atoms with Crippen molar-refractivity contribution in [2.24, 2.45) is 0 Å². The third kappa shape index (κ3) is 1.47. The average molecular weight is 230 g/mol. The van der Waals surface area contributed by atoms with Gasteiger partial charge in [-0.3, -0.25) is 0 Å². The van der Waals surface area contributed by atoms with Crippen molar-refractivity contribution >= 4 is 22.0 Å². The molecule has 17 heavy (non-hydrogen) atoms. The molecule has 0 atom stereocenters. The standard InChI is InChI=1S/C12H10N2O3/c1-2-16-12-13-9-7-5-3-4-6-8(7)17-11(15)10(9)14-12/h3-6H,2H2,1H3,(H,13,14). The Balaban J connectivity index is 2.43. The maximum absolute atomic E-state index is 11.7. The minimum Gasteiger partial charge on any atom is -0.465 e. The van der Waals surface area contributed by atoms with E-state index in [1.54, 1.807) is 6.07 Å². The number of para-hydroxylation sites is 1. The number of hydrogen-bond donors (Lipinski definition) is 1. The third-order valence-corrected chi connectivity index (χ3v) is 2.51. The van der Waals surface area contributed by atoms with Crippen LogP contribution in [0.15, 0.2) is 33.5 Å². The van der Waals surface area contributed by atoms with Crippen molar-refractivity contribution in [1.29, 1.82) is 0 Å². The molecule has 3 aromatic rings. The molecule has 0 aliphatic rings. The highest BCUT2D eigenvalue weighted by Gasteiger charge is 2.12. The number of aromatic amines is 1. The highest BCUT2D eigenvalue weighted by atomic mass is 16.5. The predicted octanol–water partition coefficient (Wildman–Crippen LogP) is 2.07. The van der Waals surface area contributed by atoms with E-state index in [2.05, 4.69) is 9.97 Å². The quantitative estimate of drug-likeness (QED) is 0.684. The Bertz CT molecular complexity index is 742. The molecule has 0 aliphatic heterocycles. The first-order valence-electron chi connectivity index (χ1n) is 5.34. The Hall–Kier alpha value is -2.30. The molecule has 0 bridgehead atoms. The number of ether oxygens (including phenoxy) is 1. The van der Waals surface area contributed by atoms with Crippen molar-refractivity contribution in [1.82, 2.24) is 9.97 Å². The second-order valence-corrected chi connectivity index (χ2v) is 3.58. The number of aromatic nitrogens is 2. The molecule has 86 valence electrons. The van der Waals surface area contributed by atoms with Crippen molar-refractivity contribution in [3.63, 3.8) is 0 Å². The summed E-state index contributed by atoms with van der Waals surface area (Å²) in [5.74, 6) is 0. The van der Waals surface area contributed by atoms with Gasteiger partial charge in [-0.15, -0.1) is 0 Å². The summed E-state index contributed by atoms with van der Waals surface area (Å²) < 4.78 is 10.4. The number of imidazole rings is 1. The van der Waals surface area contributed by atoms with Crippen LogP contribution in [0.4, 0.5) is 0 Å². The van der Waals surface area contributed by atoms with E-state index >= 15 is 0 Å². The summed E-state index contributed by atoms with van der Waals surface area (Å²) in [6, 6.07) is 7.62. The van der Waals surface area contributed by atoms with E-state index in [4.69, 9.17) is 9.15 Å². The van der Waals surface area contributed by atoms with Crippen LogP contribution < -0.4 is 10.4 Å². The van der Waals surface area contributed by atoms with E-state index < -0.39 is 5.63 Å². The zero-order chi connectivity index (χ0) is 11.8. The van der Waals surface area contributed by atoms with Crippen molar-refractivity contribution in [3.8, 4) is 6.01 Å². The largest absolute Gasteiger partial charge is 0.465 e. The number of H-pyrrole nitrogens is 1. The van der Waals surface area contributed by atoms with Gasteiger partial charge in [0.15, 0.2) is 5.52 Å². The van der Waals surface area contributed by atoms with E-state index in [9.17, 15) is 4.79 Å². The number of nitrogens with zero attached hydrogens (tertiary/aromatic N) is 1. The minimum atomic E-state index is -0.433. The van der Waals surface area contributed by atoms with Gasteiger partial charge in [-0.1, -0.05) is 12.1 Å². The van der Waals surface area contributed by atoms with Gasteiger partial charge in [0.25, 0.3) is 6.01 Å². The summed E-state index contributed by atoms with van der Waals surface area (Å²) >= 11 is 0. The zero-order valence-electron chi connectivity index (χ0n) is 9.19. The smallest absolute Gasteiger partial charge is 0.362 e. The van der Waals surface area contributed by atoms with Gasteiger partial charge in [-0.25, -0.2) is 4.79 Å². The minimum absolute atomic E-state index is 0.339. The molecule has 0 amide bonds. The van der Waals surface area contributed by atoms with Crippen LogP contribution in [0.1, 0.15) is 6.92 Å². The van der Waals surface area contributed by atoms with Gasteiger partial charge in [-0.05, 0) is 19.1 Å². The second-order valence-electron chi connectivity index (χ2n) is 3.58. The van der Waals surface area contributed by atoms with E-state index in [1.807, 2.05) is 25.1 Å². The third-order valence-electron chi connectivity index (χ3n) is 2.51. The molecular formula is C12H10N2O3. The van der Waals surface area contributed by atoms with Crippen LogP contribution in [0, 0.1) is 0 Å². The Kier molecular flexibility index (Phi) is 2.11. The highest BCUT2D eigenvalue weighted by Crippen LogP contribution is 2.22. The fourth-order valence-corrected chi connectivity index (χ4v) is 1.80. The summed E-state index contributed by atoms with van der Waals surface area (Å²) in [5.41, 5.74) is 1.02. The van der Waals surface area contributed by atoms with Gasteiger partial charge in [0.2, 0.25) is 0 Å². The molecule has 3 rings (SSSR count). The molecule has 1 aromatic carbocycles. The van der Waals surface area contributed by atoms with E-state index in [0.717, 1.165) is 5.39 Å². The molecule has 2 heterocycles. The van der Waals surface area contributed by atoms with Gasteiger partial charge < -0.3 is 14.1 Å². The Morgan fingerprint density at radius 1 is 1.41 bits per heavy atom. The molecule has 0 aliphatic carbocycles. The fraction of sp³-hybridized carbons (Fsp3) is 0.167. The summed E-state index contributed by atoms with van der Waals surface area (Å²) in [6.45, 7) is 2.34. The monoisotopic (exact) mass is 230 g/mol. The molecule has 0 spiro atoms. The maximum Gasteiger partial charge on any atom is 0.362 e. The highest BCUT2D eigenvalue weighted by molar-refractivity contribution is 6.00. The Morgan fingerprint density at radius 2 is 2.24 bits per heavy atom. The molecule has 0 saturated carbocycles. The molecule has 0 unspecified atom stereocenters. The van der Waals surface area contributed by atoms with Crippen molar-refractivity contribution in [2.75, 3.05) is 6.61 Å². The Labute approximate surface area is 96.0 Å².